The highest BCUT2D eigenvalue weighted by Gasteiger charge is 2.23. The van der Waals surface area contributed by atoms with Gasteiger partial charge in [0.15, 0.2) is 5.82 Å². The van der Waals surface area contributed by atoms with Crippen LogP contribution in [0.2, 0.25) is 0 Å². The lowest BCUT2D eigenvalue weighted by atomic mass is 10.2. The summed E-state index contributed by atoms with van der Waals surface area (Å²) in [6, 6.07) is 7.89. The summed E-state index contributed by atoms with van der Waals surface area (Å²) in [4.78, 5) is 4.47. The van der Waals surface area contributed by atoms with Gasteiger partial charge in [-0.2, -0.15) is 0 Å². The van der Waals surface area contributed by atoms with Crippen molar-refractivity contribution in [3.8, 4) is 17.1 Å². The molecule has 2 aromatic rings. The summed E-state index contributed by atoms with van der Waals surface area (Å²) in [7, 11) is 1.90. The molecule has 1 aliphatic rings. The van der Waals surface area contributed by atoms with Crippen LogP contribution in [-0.2, 0) is 11.8 Å². The molecule has 1 unspecified atom stereocenters. The third kappa shape index (κ3) is 2.90. The van der Waals surface area contributed by atoms with Gasteiger partial charge in [-0.1, -0.05) is 11.8 Å². The first-order valence-corrected chi connectivity index (χ1v) is 7.28. The smallest absolute Gasteiger partial charge is 0.208 e. The number of rotatable bonds is 5. The Hall–Kier alpha value is -1.53. The fourth-order valence-corrected chi connectivity index (χ4v) is 2.13. The fraction of sp³-hybridized carbons (Fsp3) is 0.385. The van der Waals surface area contributed by atoms with Crippen molar-refractivity contribution < 1.29 is 9.47 Å². The van der Waals surface area contributed by atoms with E-state index in [0.29, 0.717) is 6.61 Å². The van der Waals surface area contributed by atoms with Gasteiger partial charge in [0.05, 0.1) is 6.61 Å². The molecule has 6 heteroatoms. The molecule has 0 aliphatic carbocycles. The second-order valence-electron chi connectivity index (χ2n) is 4.34. The van der Waals surface area contributed by atoms with E-state index in [1.54, 1.807) is 4.68 Å². The SMILES string of the molecule is CSc1nc(-c2ccc(OCC3CO3)cc2)n(C)n1. The van der Waals surface area contributed by atoms with Crippen molar-refractivity contribution in [2.75, 3.05) is 19.5 Å². The number of aryl methyl sites for hydroxylation is 1. The van der Waals surface area contributed by atoms with E-state index >= 15 is 0 Å². The molecule has 3 rings (SSSR count). The van der Waals surface area contributed by atoms with E-state index in [9.17, 15) is 0 Å². The average Bonchev–Trinajstić information content (AvgIpc) is 3.19. The summed E-state index contributed by atoms with van der Waals surface area (Å²) in [5, 5.41) is 5.10. The lowest BCUT2D eigenvalue weighted by Gasteiger charge is -2.05. The van der Waals surface area contributed by atoms with Crippen molar-refractivity contribution in [3.05, 3.63) is 24.3 Å². The zero-order valence-corrected chi connectivity index (χ0v) is 11.7. The molecular formula is C13H15N3O2S. The maximum atomic E-state index is 5.61. The summed E-state index contributed by atoms with van der Waals surface area (Å²) >= 11 is 1.54. The Labute approximate surface area is 115 Å². The molecule has 0 amide bonds. The van der Waals surface area contributed by atoms with E-state index in [4.69, 9.17) is 9.47 Å². The van der Waals surface area contributed by atoms with Crippen LogP contribution in [0.3, 0.4) is 0 Å². The topological polar surface area (TPSA) is 52.5 Å². The second-order valence-corrected chi connectivity index (χ2v) is 5.11. The molecule has 1 atom stereocenters. The largest absolute Gasteiger partial charge is 0.491 e. The third-order valence-electron chi connectivity index (χ3n) is 2.88. The number of hydrogen-bond acceptors (Lipinski definition) is 5. The standard InChI is InChI=1S/C13H15N3O2S/c1-16-12(14-13(15-16)19-2)9-3-5-10(6-4-9)17-7-11-8-18-11/h3-6,11H,7-8H2,1-2H3. The van der Waals surface area contributed by atoms with Crippen molar-refractivity contribution >= 4 is 11.8 Å². The number of thioether (sulfide) groups is 1. The van der Waals surface area contributed by atoms with E-state index < -0.39 is 0 Å². The number of hydrogen-bond donors (Lipinski definition) is 0. The van der Waals surface area contributed by atoms with E-state index in [1.165, 1.54) is 11.8 Å². The van der Waals surface area contributed by atoms with Crippen molar-refractivity contribution in [1.82, 2.24) is 14.8 Å². The minimum Gasteiger partial charge on any atom is -0.491 e. The van der Waals surface area contributed by atoms with Crippen molar-refractivity contribution in [2.45, 2.75) is 11.3 Å². The Morgan fingerprint density at radius 3 is 2.74 bits per heavy atom. The summed E-state index contributed by atoms with van der Waals surface area (Å²) in [5.41, 5.74) is 1.03. The summed E-state index contributed by atoms with van der Waals surface area (Å²) < 4.78 is 12.5. The lowest BCUT2D eigenvalue weighted by molar-refractivity contribution is 0.263. The molecule has 0 N–H and O–H groups in total. The highest BCUT2D eigenvalue weighted by Crippen LogP contribution is 2.23. The monoisotopic (exact) mass is 277 g/mol. The molecule has 0 saturated carbocycles. The van der Waals surface area contributed by atoms with Crippen LogP contribution in [0.4, 0.5) is 0 Å². The first-order chi connectivity index (χ1) is 9.26. The van der Waals surface area contributed by atoms with E-state index in [-0.39, 0.29) is 6.10 Å². The van der Waals surface area contributed by atoms with Crippen LogP contribution in [0.5, 0.6) is 5.75 Å². The van der Waals surface area contributed by atoms with Gasteiger partial charge in [-0.05, 0) is 30.5 Å². The van der Waals surface area contributed by atoms with Gasteiger partial charge in [-0.3, -0.25) is 0 Å². The van der Waals surface area contributed by atoms with Crippen LogP contribution in [-0.4, -0.2) is 40.3 Å². The summed E-state index contributed by atoms with van der Waals surface area (Å²) in [6.45, 7) is 1.44. The Bertz CT molecular complexity index is 564. The molecule has 1 aromatic heterocycles. The molecular weight excluding hydrogens is 262 g/mol. The molecule has 1 aromatic carbocycles. The highest BCUT2D eigenvalue weighted by atomic mass is 32.2. The number of aromatic nitrogens is 3. The predicted molar refractivity (Wildman–Crippen MR) is 73.5 cm³/mol. The molecule has 1 fully saturated rings. The van der Waals surface area contributed by atoms with Gasteiger partial charge in [0.25, 0.3) is 0 Å². The Morgan fingerprint density at radius 2 is 2.16 bits per heavy atom. The predicted octanol–water partition coefficient (Wildman–Crippen LogP) is 1.98. The third-order valence-corrected chi connectivity index (χ3v) is 3.42. The fourth-order valence-electron chi connectivity index (χ4n) is 1.75. The molecule has 1 saturated heterocycles. The van der Waals surface area contributed by atoms with Crippen LogP contribution in [0, 0.1) is 0 Å². The summed E-state index contributed by atoms with van der Waals surface area (Å²) in [6.07, 6.45) is 2.25. The number of nitrogens with zero attached hydrogens (tertiary/aromatic N) is 3. The quantitative estimate of drug-likeness (QED) is 0.618. The number of benzene rings is 1. The minimum absolute atomic E-state index is 0.280. The Kier molecular flexibility index (Phi) is 3.44. The van der Waals surface area contributed by atoms with E-state index in [1.807, 2.05) is 37.6 Å². The van der Waals surface area contributed by atoms with Gasteiger partial charge < -0.3 is 9.47 Å². The molecule has 0 spiro atoms. The van der Waals surface area contributed by atoms with Gasteiger partial charge in [-0.15, -0.1) is 5.10 Å². The van der Waals surface area contributed by atoms with E-state index in [2.05, 4.69) is 10.1 Å². The van der Waals surface area contributed by atoms with Crippen LogP contribution < -0.4 is 4.74 Å². The van der Waals surface area contributed by atoms with Crippen LogP contribution in [0.15, 0.2) is 29.4 Å². The first-order valence-electron chi connectivity index (χ1n) is 6.06. The first kappa shape index (κ1) is 12.5. The van der Waals surface area contributed by atoms with Gasteiger partial charge in [0, 0.05) is 12.6 Å². The average molecular weight is 277 g/mol. The number of ether oxygens (including phenoxy) is 2. The van der Waals surface area contributed by atoms with Crippen LogP contribution in [0.1, 0.15) is 0 Å². The second kappa shape index (κ2) is 5.22. The number of epoxide rings is 1. The van der Waals surface area contributed by atoms with Gasteiger partial charge in [0.1, 0.15) is 18.5 Å². The normalized spacial score (nSPS) is 17.5. The van der Waals surface area contributed by atoms with Gasteiger partial charge in [-0.25, -0.2) is 9.67 Å². The highest BCUT2D eigenvalue weighted by molar-refractivity contribution is 7.98. The van der Waals surface area contributed by atoms with Gasteiger partial charge in [0.2, 0.25) is 5.16 Å². The van der Waals surface area contributed by atoms with Crippen molar-refractivity contribution in [1.29, 1.82) is 0 Å². The van der Waals surface area contributed by atoms with E-state index in [0.717, 1.165) is 28.9 Å². The maximum Gasteiger partial charge on any atom is 0.208 e. The zero-order chi connectivity index (χ0) is 13.2. The Balaban J connectivity index is 1.74. The maximum absolute atomic E-state index is 5.61. The molecule has 100 valence electrons. The summed E-state index contributed by atoms with van der Waals surface area (Å²) in [5.74, 6) is 1.72. The molecule has 0 bridgehead atoms. The minimum atomic E-state index is 0.280. The molecule has 5 nitrogen and oxygen atoms in total. The molecule has 2 heterocycles. The zero-order valence-electron chi connectivity index (χ0n) is 10.9. The van der Waals surface area contributed by atoms with Gasteiger partial charge >= 0.3 is 0 Å². The van der Waals surface area contributed by atoms with Crippen molar-refractivity contribution in [3.63, 3.8) is 0 Å². The molecule has 0 radical (unpaired) electrons. The van der Waals surface area contributed by atoms with Crippen molar-refractivity contribution in [2.24, 2.45) is 7.05 Å². The Morgan fingerprint density at radius 1 is 1.42 bits per heavy atom. The molecule has 19 heavy (non-hydrogen) atoms. The lowest BCUT2D eigenvalue weighted by Crippen LogP contribution is -2.03. The van der Waals surface area contributed by atoms with Crippen LogP contribution >= 0.6 is 11.8 Å². The van der Waals surface area contributed by atoms with Crippen LogP contribution in [0.25, 0.3) is 11.4 Å². The molecule has 1 aliphatic heterocycles.